The zero-order chi connectivity index (χ0) is 26.9. The molecule has 0 spiro atoms. The Kier molecular flexibility index (Phi) is 10.0. The van der Waals surface area contributed by atoms with Crippen molar-refractivity contribution in [3.63, 3.8) is 0 Å². The summed E-state index contributed by atoms with van der Waals surface area (Å²) in [5.41, 5.74) is 4.69. The second-order valence-electron chi connectivity index (χ2n) is 10.5. The van der Waals surface area contributed by atoms with Crippen molar-refractivity contribution in [3.05, 3.63) is 101 Å². The number of rotatable bonds is 11. The second kappa shape index (κ2) is 13.6. The number of unbranched alkanes of at least 4 members (excludes halogenated alkanes) is 3. The largest absolute Gasteiger partial charge is 0.206 e. The fraction of sp³-hybridized carbons (Fsp3) is 0.371. The lowest BCUT2D eigenvalue weighted by Gasteiger charge is -2.22. The van der Waals surface area contributed by atoms with Gasteiger partial charge < -0.3 is 0 Å². The molecule has 3 heteroatoms. The summed E-state index contributed by atoms with van der Waals surface area (Å²) >= 11 is 0. The van der Waals surface area contributed by atoms with Gasteiger partial charge in [0.1, 0.15) is 5.82 Å². The molecule has 0 bridgehead atoms. The highest BCUT2D eigenvalue weighted by Crippen LogP contribution is 2.35. The molecule has 0 nitrogen and oxygen atoms in total. The molecule has 4 rings (SSSR count). The Hall–Kier alpha value is -3.07. The van der Waals surface area contributed by atoms with Crippen molar-refractivity contribution in [1.82, 2.24) is 0 Å². The van der Waals surface area contributed by atoms with Crippen LogP contribution in [-0.2, 0) is 6.42 Å². The van der Waals surface area contributed by atoms with E-state index in [9.17, 15) is 8.78 Å². The summed E-state index contributed by atoms with van der Waals surface area (Å²) in [6.07, 6.45) is 16.5. The lowest BCUT2D eigenvalue weighted by molar-refractivity contribution is 0.453. The van der Waals surface area contributed by atoms with Gasteiger partial charge >= 0.3 is 0 Å². The molecule has 0 aromatic heterocycles. The second-order valence-corrected chi connectivity index (χ2v) is 10.5. The zero-order valence-corrected chi connectivity index (χ0v) is 22.7. The molecule has 0 fully saturated rings. The molecule has 1 aliphatic carbocycles. The van der Waals surface area contributed by atoms with Crippen LogP contribution in [-0.4, -0.2) is 0 Å². The molecule has 0 heterocycles. The summed E-state index contributed by atoms with van der Waals surface area (Å²) in [6.45, 7) is 4.18. The smallest absolute Gasteiger partial charge is 0.166 e. The van der Waals surface area contributed by atoms with Crippen molar-refractivity contribution < 1.29 is 13.2 Å². The van der Waals surface area contributed by atoms with E-state index in [2.05, 4.69) is 32.1 Å². The minimum absolute atomic E-state index is 0.215. The van der Waals surface area contributed by atoms with Crippen molar-refractivity contribution in [1.29, 1.82) is 0 Å². The van der Waals surface area contributed by atoms with Gasteiger partial charge in [-0.25, -0.2) is 13.2 Å². The average molecular weight is 517 g/mol. The van der Waals surface area contributed by atoms with E-state index in [1.54, 1.807) is 30.3 Å². The molecule has 1 aliphatic rings. The van der Waals surface area contributed by atoms with Gasteiger partial charge in [-0.2, -0.15) is 0 Å². The maximum atomic E-state index is 15.1. The van der Waals surface area contributed by atoms with Crippen molar-refractivity contribution in [2.45, 2.75) is 78.1 Å². The van der Waals surface area contributed by atoms with E-state index in [0.29, 0.717) is 29.0 Å². The number of allylic oxidation sites excluding steroid dienone is 4. The third-order valence-corrected chi connectivity index (χ3v) is 7.80. The fourth-order valence-electron chi connectivity index (χ4n) is 5.44. The van der Waals surface area contributed by atoms with Gasteiger partial charge in [0.05, 0.1) is 0 Å². The van der Waals surface area contributed by atoms with Crippen molar-refractivity contribution in [2.24, 2.45) is 5.92 Å². The quantitative estimate of drug-likeness (QED) is 0.176. The third-order valence-electron chi connectivity index (χ3n) is 7.80. The van der Waals surface area contributed by atoms with Crippen molar-refractivity contribution in [2.75, 3.05) is 0 Å². The first kappa shape index (κ1) is 28.0. The van der Waals surface area contributed by atoms with Crippen LogP contribution in [0.3, 0.4) is 0 Å². The van der Waals surface area contributed by atoms with Crippen LogP contribution in [0.2, 0.25) is 0 Å². The van der Waals surface area contributed by atoms with Gasteiger partial charge in [-0.1, -0.05) is 92.9 Å². The van der Waals surface area contributed by atoms with Gasteiger partial charge in [-0.05, 0) is 91.7 Å². The molecule has 0 saturated carbocycles. The van der Waals surface area contributed by atoms with E-state index in [0.717, 1.165) is 68.1 Å². The van der Waals surface area contributed by atoms with E-state index in [-0.39, 0.29) is 11.4 Å². The van der Waals surface area contributed by atoms with E-state index >= 15 is 4.39 Å². The highest BCUT2D eigenvalue weighted by molar-refractivity contribution is 5.74. The predicted molar refractivity (Wildman–Crippen MR) is 154 cm³/mol. The highest BCUT2D eigenvalue weighted by Gasteiger charge is 2.18. The van der Waals surface area contributed by atoms with Gasteiger partial charge in [-0.3, -0.25) is 0 Å². The van der Waals surface area contributed by atoms with E-state index < -0.39 is 11.6 Å². The first-order valence-electron chi connectivity index (χ1n) is 14.2. The first-order valence-corrected chi connectivity index (χ1v) is 14.2. The SMILES string of the molecule is CC=CCCC1CC=C(c2ccc(-c3ccc(-c4ccc(CCCCCC)c(F)c4F)cc3)cc2F)CC1. The summed E-state index contributed by atoms with van der Waals surface area (Å²) in [5.74, 6) is -1.09. The molecule has 3 aromatic rings. The molecular weight excluding hydrogens is 477 g/mol. The number of hydrogen-bond acceptors (Lipinski definition) is 0. The summed E-state index contributed by atoms with van der Waals surface area (Å²) in [6, 6.07) is 16.0. The Balaban J connectivity index is 1.44. The van der Waals surface area contributed by atoms with E-state index in [1.807, 2.05) is 24.3 Å². The lowest BCUT2D eigenvalue weighted by Crippen LogP contribution is -2.06. The van der Waals surface area contributed by atoms with Crippen LogP contribution in [0.1, 0.15) is 82.8 Å². The first-order chi connectivity index (χ1) is 18.5. The molecule has 38 heavy (non-hydrogen) atoms. The highest BCUT2D eigenvalue weighted by atomic mass is 19.2. The number of aryl methyl sites for hydroxylation is 1. The Labute approximate surface area is 226 Å². The lowest BCUT2D eigenvalue weighted by atomic mass is 9.84. The topological polar surface area (TPSA) is 0 Å². The molecular formula is C35H39F3. The molecule has 0 radical (unpaired) electrons. The van der Waals surface area contributed by atoms with E-state index in [4.69, 9.17) is 0 Å². The molecule has 0 amide bonds. The van der Waals surface area contributed by atoms with Crippen LogP contribution in [0.5, 0.6) is 0 Å². The summed E-state index contributed by atoms with van der Waals surface area (Å²) < 4.78 is 44.7. The minimum atomic E-state index is -0.800. The molecule has 0 N–H and O–H groups in total. The monoisotopic (exact) mass is 516 g/mol. The van der Waals surface area contributed by atoms with Crippen LogP contribution >= 0.6 is 0 Å². The van der Waals surface area contributed by atoms with Crippen LogP contribution in [0.4, 0.5) is 13.2 Å². The zero-order valence-electron chi connectivity index (χ0n) is 22.7. The van der Waals surface area contributed by atoms with Gasteiger partial charge in [-0.15, -0.1) is 0 Å². The summed E-state index contributed by atoms with van der Waals surface area (Å²) in [5, 5.41) is 0. The van der Waals surface area contributed by atoms with Crippen LogP contribution in [0.15, 0.2) is 72.8 Å². The van der Waals surface area contributed by atoms with Gasteiger partial charge in [0.15, 0.2) is 11.6 Å². The number of hydrogen-bond donors (Lipinski definition) is 0. The maximum Gasteiger partial charge on any atom is 0.166 e. The van der Waals surface area contributed by atoms with E-state index in [1.165, 1.54) is 6.42 Å². The van der Waals surface area contributed by atoms with Crippen molar-refractivity contribution in [3.8, 4) is 22.3 Å². The maximum absolute atomic E-state index is 15.1. The minimum Gasteiger partial charge on any atom is -0.206 e. The normalized spacial score (nSPS) is 15.7. The Morgan fingerprint density at radius 1 is 0.816 bits per heavy atom. The number of benzene rings is 3. The predicted octanol–water partition coefficient (Wildman–Crippen LogP) is 11.1. The molecule has 1 atom stereocenters. The third kappa shape index (κ3) is 6.87. The molecule has 200 valence electrons. The van der Waals surface area contributed by atoms with Crippen LogP contribution in [0.25, 0.3) is 27.8 Å². The summed E-state index contributed by atoms with van der Waals surface area (Å²) in [7, 11) is 0. The van der Waals surface area contributed by atoms with Gasteiger partial charge in [0.2, 0.25) is 0 Å². The fourth-order valence-corrected chi connectivity index (χ4v) is 5.44. The molecule has 1 unspecified atom stereocenters. The van der Waals surface area contributed by atoms with Gasteiger partial charge in [0.25, 0.3) is 0 Å². The van der Waals surface area contributed by atoms with Crippen molar-refractivity contribution >= 4 is 5.57 Å². The van der Waals surface area contributed by atoms with Gasteiger partial charge in [0, 0.05) is 11.1 Å². The Morgan fingerprint density at radius 2 is 1.55 bits per heavy atom. The average Bonchev–Trinajstić information content (AvgIpc) is 2.94. The molecule has 3 aromatic carbocycles. The number of halogens is 3. The van der Waals surface area contributed by atoms with Crippen LogP contribution in [0, 0.1) is 23.4 Å². The van der Waals surface area contributed by atoms with Crippen LogP contribution < -0.4 is 0 Å². The Morgan fingerprint density at radius 3 is 2.24 bits per heavy atom. The Bertz CT molecular complexity index is 1270. The molecule has 0 saturated heterocycles. The molecule has 0 aliphatic heterocycles. The summed E-state index contributed by atoms with van der Waals surface area (Å²) in [4.78, 5) is 0. The standard InChI is InChI=1S/C35H39F3/c1-3-5-7-9-11-29-20-23-32(35(38)34(29)37)28-18-16-26(17-19-28)30-21-22-31(33(36)24-30)27-14-12-25(13-15-27)10-8-6-4-2/h4,6,14,16-25H,3,5,7-13,15H2,1-2H3.